The van der Waals surface area contributed by atoms with Crippen LogP contribution in [0, 0.1) is 0 Å². The SMILES string of the molecule is CCCCCCC(O)C(O)O. The van der Waals surface area contributed by atoms with Crippen molar-refractivity contribution >= 4 is 0 Å². The van der Waals surface area contributed by atoms with Crippen molar-refractivity contribution < 1.29 is 15.3 Å². The fourth-order valence-electron chi connectivity index (χ4n) is 0.929. The van der Waals surface area contributed by atoms with Gasteiger partial charge in [-0.1, -0.05) is 32.6 Å². The summed E-state index contributed by atoms with van der Waals surface area (Å²) in [5.41, 5.74) is 0. The highest BCUT2D eigenvalue weighted by atomic mass is 16.5. The van der Waals surface area contributed by atoms with Crippen LogP contribution in [-0.4, -0.2) is 27.7 Å². The lowest BCUT2D eigenvalue weighted by Crippen LogP contribution is -2.24. The van der Waals surface area contributed by atoms with E-state index in [2.05, 4.69) is 6.92 Å². The summed E-state index contributed by atoms with van der Waals surface area (Å²) in [4.78, 5) is 0. The minimum absolute atomic E-state index is 0.484. The predicted octanol–water partition coefficient (Wildman–Crippen LogP) is 0.628. The topological polar surface area (TPSA) is 60.7 Å². The molecule has 3 nitrogen and oxygen atoms in total. The Balaban J connectivity index is 3.10. The van der Waals surface area contributed by atoms with Crippen LogP contribution in [-0.2, 0) is 0 Å². The van der Waals surface area contributed by atoms with Crippen LogP contribution in [0.25, 0.3) is 0 Å². The van der Waals surface area contributed by atoms with Crippen LogP contribution in [0.5, 0.6) is 0 Å². The predicted molar refractivity (Wildman–Crippen MR) is 43.0 cm³/mol. The number of hydrogen-bond acceptors (Lipinski definition) is 3. The van der Waals surface area contributed by atoms with Crippen LogP contribution in [0.4, 0.5) is 0 Å². The summed E-state index contributed by atoms with van der Waals surface area (Å²) < 4.78 is 0. The molecule has 0 saturated carbocycles. The quantitative estimate of drug-likeness (QED) is 0.396. The monoisotopic (exact) mass is 162 g/mol. The molecule has 0 aliphatic rings. The van der Waals surface area contributed by atoms with Crippen LogP contribution in [0.3, 0.4) is 0 Å². The lowest BCUT2D eigenvalue weighted by molar-refractivity contribution is -0.124. The first-order valence-electron chi connectivity index (χ1n) is 4.22. The Morgan fingerprint density at radius 1 is 1.00 bits per heavy atom. The molecular weight excluding hydrogens is 144 g/mol. The molecule has 0 bridgehead atoms. The summed E-state index contributed by atoms with van der Waals surface area (Å²) in [5.74, 6) is 0. The summed E-state index contributed by atoms with van der Waals surface area (Å²) in [6.07, 6.45) is 2.17. The highest BCUT2D eigenvalue weighted by Crippen LogP contribution is 2.06. The normalized spacial score (nSPS) is 13.9. The molecule has 1 unspecified atom stereocenters. The maximum absolute atomic E-state index is 8.93. The molecule has 11 heavy (non-hydrogen) atoms. The molecule has 0 saturated heterocycles. The van der Waals surface area contributed by atoms with Crippen molar-refractivity contribution in [3.8, 4) is 0 Å². The van der Waals surface area contributed by atoms with E-state index in [1.165, 1.54) is 0 Å². The first-order valence-corrected chi connectivity index (χ1v) is 4.22. The zero-order chi connectivity index (χ0) is 8.69. The van der Waals surface area contributed by atoms with Gasteiger partial charge < -0.3 is 15.3 Å². The fraction of sp³-hybridized carbons (Fsp3) is 1.00. The van der Waals surface area contributed by atoms with E-state index >= 15 is 0 Å². The highest BCUT2D eigenvalue weighted by Gasteiger charge is 2.10. The minimum atomic E-state index is -1.57. The molecule has 0 heterocycles. The second-order valence-electron chi connectivity index (χ2n) is 2.83. The molecule has 0 fully saturated rings. The van der Waals surface area contributed by atoms with Gasteiger partial charge in [-0.3, -0.25) is 0 Å². The average molecular weight is 162 g/mol. The van der Waals surface area contributed by atoms with E-state index in [-0.39, 0.29) is 0 Å². The summed E-state index contributed by atoms with van der Waals surface area (Å²) in [7, 11) is 0. The minimum Gasteiger partial charge on any atom is -0.388 e. The van der Waals surface area contributed by atoms with E-state index < -0.39 is 12.4 Å². The van der Waals surface area contributed by atoms with Gasteiger partial charge in [0.25, 0.3) is 0 Å². The molecule has 0 spiro atoms. The third kappa shape index (κ3) is 6.28. The second-order valence-corrected chi connectivity index (χ2v) is 2.83. The Hall–Kier alpha value is -0.120. The van der Waals surface area contributed by atoms with Crippen molar-refractivity contribution in [1.29, 1.82) is 0 Å². The van der Waals surface area contributed by atoms with Crippen LogP contribution in [0.2, 0.25) is 0 Å². The Bertz CT molecular complexity index is 83.4. The molecule has 0 radical (unpaired) electrons. The third-order valence-corrected chi connectivity index (χ3v) is 1.70. The summed E-state index contributed by atoms with van der Waals surface area (Å²) in [5, 5.41) is 25.9. The zero-order valence-corrected chi connectivity index (χ0v) is 7.03. The van der Waals surface area contributed by atoms with Gasteiger partial charge in [0.05, 0.1) is 0 Å². The van der Waals surface area contributed by atoms with E-state index in [0.29, 0.717) is 6.42 Å². The fourth-order valence-corrected chi connectivity index (χ4v) is 0.929. The van der Waals surface area contributed by atoms with Gasteiger partial charge >= 0.3 is 0 Å². The van der Waals surface area contributed by atoms with E-state index in [4.69, 9.17) is 15.3 Å². The molecule has 0 aliphatic heterocycles. The smallest absolute Gasteiger partial charge is 0.178 e. The van der Waals surface area contributed by atoms with Crippen LogP contribution < -0.4 is 0 Å². The van der Waals surface area contributed by atoms with E-state index in [1.54, 1.807) is 0 Å². The maximum Gasteiger partial charge on any atom is 0.178 e. The number of unbranched alkanes of at least 4 members (excludes halogenated alkanes) is 3. The zero-order valence-electron chi connectivity index (χ0n) is 7.03. The van der Waals surface area contributed by atoms with E-state index in [9.17, 15) is 0 Å². The molecule has 3 N–H and O–H groups in total. The second kappa shape index (κ2) is 6.58. The van der Waals surface area contributed by atoms with Gasteiger partial charge in [-0.25, -0.2) is 0 Å². The van der Waals surface area contributed by atoms with Gasteiger partial charge in [0.1, 0.15) is 6.10 Å². The van der Waals surface area contributed by atoms with Crippen molar-refractivity contribution in [1.82, 2.24) is 0 Å². The van der Waals surface area contributed by atoms with Crippen LogP contribution in [0.1, 0.15) is 39.0 Å². The molecule has 3 heteroatoms. The van der Waals surface area contributed by atoms with Gasteiger partial charge in [0, 0.05) is 0 Å². The highest BCUT2D eigenvalue weighted by molar-refractivity contribution is 4.56. The van der Waals surface area contributed by atoms with Gasteiger partial charge in [0.15, 0.2) is 6.29 Å². The lowest BCUT2D eigenvalue weighted by Gasteiger charge is -2.11. The summed E-state index contributed by atoms with van der Waals surface area (Å²) in [6.45, 7) is 2.11. The van der Waals surface area contributed by atoms with Gasteiger partial charge in [-0.2, -0.15) is 0 Å². The van der Waals surface area contributed by atoms with Crippen molar-refractivity contribution in [3.63, 3.8) is 0 Å². The standard InChI is InChI=1S/C8H18O3/c1-2-3-4-5-6-7(9)8(10)11/h7-11H,2-6H2,1H3. The van der Waals surface area contributed by atoms with Crippen molar-refractivity contribution in [2.75, 3.05) is 0 Å². The molecule has 68 valence electrons. The molecular formula is C8H18O3. The number of rotatable bonds is 6. The third-order valence-electron chi connectivity index (χ3n) is 1.70. The van der Waals surface area contributed by atoms with Crippen LogP contribution in [0.15, 0.2) is 0 Å². The first kappa shape index (κ1) is 10.9. The van der Waals surface area contributed by atoms with E-state index in [0.717, 1.165) is 25.7 Å². The number of aliphatic hydroxyl groups excluding tert-OH is 2. The molecule has 1 atom stereocenters. The number of hydrogen-bond donors (Lipinski definition) is 3. The van der Waals surface area contributed by atoms with Crippen molar-refractivity contribution in [3.05, 3.63) is 0 Å². The molecule has 0 rings (SSSR count). The van der Waals surface area contributed by atoms with E-state index in [1.807, 2.05) is 0 Å². The average Bonchev–Trinajstić information content (AvgIpc) is 1.97. The van der Waals surface area contributed by atoms with Crippen molar-refractivity contribution in [2.24, 2.45) is 0 Å². The number of aliphatic hydroxyl groups is 3. The molecule has 0 aliphatic carbocycles. The Labute approximate surface area is 67.7 Å². The van der Waals surface area contributed by atoms with Gasteiger partial charge in [-0.15, -0.1) is 0 Å². The van der Waals surface area contributed by atoms with Gasteiger partial charge in [0.2, 0.25) is 0 Å². The largest absolute Gasteiger partial charge is 0.388 e. The van der Waals surface area contributed by atoms with Crippen LogP contribution >= 0.6 is 0 Å². The van der Waals surface area contributed by atoms with Crippen molar-refractivity contribution in [2.45, 2.75) is 51.4 Å². The maximum atomic E-state index is 8.93. The Kier molecular flexibility index (Phi) is 6.51. The lowest BCUT2D eigenvalue weighted by atomic mass is 10.1. The first-order chi connectivity index (χ1) is 5.18. The molecule has 0 aromatic carbocycles. The Morgan fingerprint density at radius 3 is 2.09 bits per heavy atom. The summed E-state index contributed by atoms with van der Waals surface area (Å²) >= 11 is 0. The molecule has 0 aromatic rings. The van der Waals surface area contributed by atoms with Gasteiger partial charge in [-0.05, 0) is 6.42 Å². The molecule has 0 amide bonds. The molecule has 0 aromatic heterocycles. The summed E-state index contributed by atoms with van der Waals surface area (Å²) in [6, 6.07) is 0. The Morgan fingerprint density at radius 2 is 1.64 bits per heavy atom.